The fourth-order valence-electron chi connectivity index (χ4n) is 2.46. The zero-order valence-electron chi connectivity index (χ0n) is 13.8. The first-order chi connectivity index (χ1) is 12.5. The van der Waals surface area contributed by atoms with Crippen molar-refractivity contribution in [2.75, 3.05) is 12.4 Å². The van der Waals surface area contributed by atoms with E-state index < -0.39 is 0 Å². The van der Waals surface area contributed by atoms with Crippen molar-refractivity contribution >= 4 is 56.8 Å². The van der Waals surface area contributed by atoms with Crippen molar-refractivity contribution in [3.63, 3.8) is 0 Å². The summed E-state index contributed by atoms with van der Waals surface area (Å²) in [6.45, 7) is -0.177. The van der Waals surface area contributed by atoms with Crippen molar-refractivity contribution in [3.8, 4) is 17.1 Å². The summed E-state index contributed by atoms with van der Waals surface area (Å²) in [7, 11) is 1.57. The Bertz CT molecular complexity index is 952. The number of carbonyl (C=O) groups excluding carboxylic acids is 1. The lowest BCUT2D eigenvalue weighted by atomic mass is 10.1. The molecular formula is C19H15I2NO4. The number of ether oxygens (including phenoxy) is 1. The lowest BCUT2D eigenvalue weighted by Gasteiger charge is -2.11. The first kappa shape index (κ1) is 19.2. The predicted octanol–water partition coefficient (Wildman–Crippen LogP) is 4.91. The molecule has 3 rings (SSSR count). The molecule has 0 bridgehead atoms. The SMILES string of the molecule is COc1ccc(NC(=O)c2cc(I)ccc2I)cc1-c1ccc(CO)o1. The third-order valence-corrected chi connectivity index (χ3v) is 5.32. The van der Waals surface area contributed by atoms with Crippen LogP contribution < -0.4 is 10.1 Å². The van der Waals surface area contributed by atoms with Gasteiger partial charge < -0.3 is 19.6 Å². The minimum absolute atomic E-state index is 0.177. The van der Waals surface area contributed by atoms with Crippen LogP contribution in [0.3, 0.4) is 0 Å². The highest BCUT2D eigenvalue weighted by Crippen LogP contribution is 2.34. The van der Waals surface area contributed by atoms with E-state index in [0.29, 0.717) is 34.1 Å². The molecular weight excluding hydrogens is 560 g/mol. The zero-order chi connectivity index (χ0) is 18.7. The smallest absolute Gasteiger partial charge is 0.256 e. The van der Waals surface area contributed by atoms with Gasteiger partial charge in [-0.05, 0) is 93.7 Å². The average Bonchev–Trinajstić information content (AvgIpc) is 3.12. The number of aliphatic hydroxyl groups is 1. The minimum Gasteiger partial charge on any atom is -0.496 e. The molecule has 134 valence electrons. The van der Waals surface area contributed by atoms with Gasteiger partial charge in [0.2, 0.25) is 0 Å². The maximum absolute atomic E-state index is 12.6. The number of anilines is 1. The average molecular weight is 575 g/mol. The van der Waals surface area contributed by atoms with Crippen molar-refractivity contribution < 1.29 is 19.1 Å². The van der Waals surface area contributed by atoms with Crippen molar-refractivity contribution in [1.29, 1.82) is 0 Å². The summed E-state index contributed by atoms with van der Waals surface area (Å²) in [6, 6.07) is 14.5. The molecule has 1 aromatic heterocycles. The third-order valence-electron chi connectivity index (χ3n) is 3.71. The molecule has 7 heteroatoms. The van der Waals surface area contributed by atoms with Gasteiger partial charge in [-0.15, -0.1) is 0 Å². The van der Waals surface area contributed by atoms with E-state index in [-0.39, 0.29) is 12.5 Å². The Labute approximate surface area is 178 Å². The lowest BCUT2D eigenvalue weighted by molar-refractivity contribution is 0.102. The van der Waals surface area contributed by atoms with Crippen LogP contribution in [0.5, 0.6) is 5.75 Å². The van der Waals surface area contributed by atoms with Gasteiger partial charge in [0.05, 0.1) is 18.2 Å². The Morgan fingerprint density at radius 1 is 1.15 bits per heavy atom. The van der Waals surface area contributed by atoms with Crippen molar-refractivity contribution in [1.82, 2.24) is 0 Å². The normalized spacial score (nSPS) is 10.6. The van der Waals surface area contributed by atoms with Crippen LogP contribution >= 0.6 is 45.2 Å². The summed E-state index contributed by atoms with van der Waals surface area (Å²) in [5.41, 5.74) is 1.94. The molecule has 0 saturated carbocycles. The van der Waals surface area contributed by atoms with Crippen LogP contribution in [0.4, 0.5) is 5.69 Å². The number of carbonyl (C=O) groups is 1. The molecule has 2 aromatic carbocycles. The molecule has 0 radical (unpaired) electrons. The second kappa shape index (κ2) is 8.40. The van der Waals surface area contributed by atoms with Crippen molar-refractivity contribution in [2.24, 2.45) is 0 Å². The van der Waals surface area contributed by atoms with Crippen molar-refractivity contribution in [3.05, 3.63) is 67.0 Å². The Hall–Kier alpha value is -1.59. The highest BCUT2D eigenvalue weighted by Gasteiger charge is 2.15. The Morgan fingerprint density at radius 2 is 1.96 bits per heavy atom. The molecule has 3 aromatic rings. The van der Waals surface area contributed by atoms with E-state index in [2.05, 4.69) is 50.5 Å². The summed E-state index contributed by atoms with van der Waals surface area (Å²) >= 11 is 4.33. The van der Waals surface area contributed by atoms with Crippen LogP contribution in [0.1, 0.15) is 16.1 Å². The van der Waals surface area contributed by atoms with Crippen LogP contribution in [0, 0.1) is 7.14 Å². The molecule has 0 unspecified atom stereocenters. The number of amides is 1. The minimum atomic E-state index is -0.181. The summed E-state index contributed by atoms with van der Waals surface area (Å²) in [4.78, 5) is 12.6. The molecule has 0 spiro atoms. The fourth-order valence-corrected chi connectivity index (χ4v) is 3.53. The number of hydrogen-bond donors (Lipinski definition) is 2. The number of rotatable bonds is 5. The number of furan rings is 1. The zero-order valence-corrected chi connectivity index (χ0v) is 18.1. The largest absolute Gasteiger partial charge is 0.496 e. The molecule has 0 fully saturated rings. The molecule has 0 saturated heterocycles. The molecule has 2 N–H and O–H groups in total. The van der Waals surface area contributed by atoms with E-state index in [0.717, 1.165) is 7.14 Å². The number of hydrogen-bond acceptors (Lipinski definition) is 4. The quantitative estimate of drug-likeness (QED) is 0.425. The summed E-state index contributed by atoms with van der Waals surface area (Å²) in [5.74, 6) is 1.46. The van der Waals surface area contributed by atoms with E-state index in [4.69, 9.17) is 9.15 Å². The van der Waals surface area contributed by atoms with Crippen molar-refractivity contribution in [2.45, 2.75) is 6.61 Å². The molecule has 1 heterocycles. The molecule has 26 heavy (non-hydrogen) atoms. The number of nitrogens with one attached hydrogen (secondary N) is 1. The number of aliphatic hydroxyl groups excluding tert-OH is 1. The summed E-state index contributed by atoms with van der Waals surface area (Å²) in [5, 5.41) is 12.1. The van der Waals surface area contributed by atoms with Gasteiger partial charge >= 0.3 is 0 Å². The van der Waals surface area contributed by atoms with E-state index in [1.165, 1.54) is 0 Å². The van der Waals surface area contributed by atoms with Gasteiger partial charge in [-0.2, -0.15) is 0 Å². The van der Waals surface area contributed by atoms with Gasteiger partial charge in [-0.3, -0.25) is 4.79 Å². The number of halogens is 2. The maximum Gasteiger partial charge on any atom is 0.256 e. The molecule has 5 nitrogen and oxygen atoms in total. The van der Waals surface area contributed by atoms with Crippen LogP contribution in [0.2, 0.25) is 0 Å². The maximum atomic E-state index is 12.6. The molecule has 0 aliphatic rings. The van der Waals surface area contributed by atoms with Gasteiger partial charge in [0.15, 0.2) is 0 Å². The monoisotopic (exact) mass is 575 g/mol. The summed E-state index contributed by atoms with van der Waals surface area (Å²) < 4.78 is 12.9. The number of benzene rings is 2. The third kappa shape index (κ3) is 4.21. The first-order valence-corrected chi connectivity index (χ1v) is 9.82. The Kier molecular flexibility index (Phi) is 6.20. The van der Waals surface area contributed by atoms with E-state index in [1.807, 2.05) is 18.2 Å². The van der Waals surface area contributed by atoms with Crippen LogP contribution in [0.15, 0.2) is 52.9 Å². The number of methoxy groups -OCH3 is 1. The molecule has 0 atom stereocenters. The van der Waals surface area contributed by atoms with Crippen LogP contribution in [-0.4, -0.2) is 18.1 Å². The van der Waals surface area contributed by atoms with E-state index in [1.54, 1.807) is 37.4 Å². The Morgan fingerprint density at radius 3 is 2.65 bits per heavy atom. The predicted molar refractivity (Wildman–Crippen MR) is 116 cm³/mol. The van der Waals surface area contributed by atoms with Crippen LogP contribution in [0.25, 0.3) is 11.3 Å². The lowest BCUT2D eigenvalue weighted by Crippen LogP contribution is -2.13. The second-order valence-corrected chi connectivity index (χ2v) is 7.83. The fraction of sp³-hybridized carbons (Fsp3) is 0.105. The van der Waals surface area contributed by atoms with Crippen LogP contribution in [-0.2, 0) is 6.61 Å². The van der Waals surface area contributed by atoms with E-state index in [9.17, 15) is 9.90 Å². The second-order valence-electron chi connectivity index (χ2n) is 5.42. The summed E-state index contributed by atoms with van der Waals surface area (Å²) in [6.07, 6.45) is 0. The van der Waals surface area contributed by atoms with E-state index >= 15 is 0 Å². The molecule has 1 amide bonds. The van der Waals surface area contributed by atoms with Gasteiger partial charge in [0.1, 0.15) is 23.9 Å². The molecule has 0 aliphatic carbocycles. The highest BCUT2D eigenvalue weighted by atomic mass is 127. The van der Waals surface area contributed by atoms with Gasteiger partial charge in [0.25, 0.3) is 5.91 Å². The molecule has 0 aliphatic heterocycles. The standard InChI is InChI=1S/C19H15I2NO4/c1-25-17-6-3-12(9-15(17)18-7-4-13(10-23)26-18)22-19(24)14-8-11(20)2-5-16(14)21/h2-9,23H,10H2,1H3,(H,22,24). The van der Waals surface area contributed by atoms with Gasteiger partial charge in [0, 0.05) is 12.8 Å². The Balaban J connectivity index is 1.92. The topological polar surface area (TPSA) is 71.7 Å². The highest BCUT2D eigenvalue weighted by molar-refractivity contribution is 14.1. The first-order valence-electron chi connectivity index (χ1n) is 7.66. The van der Waals surface area contributed by atoms with Gasteiger partial charge in [-0.25, -0.2) is 0 Å². The van der Waals surface area contributed by atoms with Gasteiger partial charge in [-0.1, -0.05) is 0 Å².